The molecule has 5 nitrogen and oxygen atoms in total. The van der Waals surface area contributed by atoms with Crippen molar-refractivity contribution in [3.63, 3.8) is 0 Å². The average molecular weight is 224 g/mol. The predicted molar refractivity (Wildman–Crippen MR) is 34.1 cm³/mol. The molecule has 0 spiro atoms. The van der Waals surface area contributed by atoms with Crippen LogP contribution in [0.5, 0.6) is 0 Å². The fourth-order valence-corrected chi connectivity index (χ4v) is 0.809. The number of alkyl halides is 3. The van der Waals surface area contributed by atoms with Crippen molar-refractivity contribution in [2.75, 3.05) is 6.61 Å². The summed E-state index contributed by atoms with van der Waals surface area (Å²) in [4.78, 5) is 0. The normalized spacial score (nSPS) is 15.8. The first kappa shape index (κ1) is 12.6. The van der Waals surface area contributed by atoms with Crippen LogP contribution in [-0.4, -0.2) is 32.0 Å². The van der Waals surface area contributed by atoms with Gasteiger partial charge in [-0.15, -0.1) is 0 Å². The van der Waals surface area contributed by atoms with Crippen molar-refractivity contribution in [1.29, 1.82) is 0 Å². The first-order valence-corrected chi connectivity index (χ1v) is 4.31. The van der Waals surface area contributed by atoms with E-state index >= 15 is 0 Å². The Morgan fingerprint density at radius 1 is 1.46 bits per heavy atom. The van der Waals surface area contributed by atoms with Crippen LogP contribution in [0, 0.1) is 0 Å². The van der Waals surface area contributed by atoms with Gasteiger partial charge in [0.1, 0.15) is 6.61 Å². The van der Waals surface area contributed by atoms with Gasteiger partial charge in [0.2, 0.25) is 0 Å². The number of halogens is 3. The fraction of sp³-hybridized carbons (Fsp3) is 1.00. The molecule has 0 saturated heterocycles. The molecule has 1 atom stereocenters. The number of ether oxygens (including phenoxy) is 1. The highest BCUT2D eigenvalue weighted by Gasteiger charge is 2.29. The second-order valence-corrected chi connectivity index (χ2v) is 3.07. The number of hydrogen-bond donors (Lipinski definition) is 1. The molecule has 0 saturated carbocycles. The molecule has 0 aliphatic carbocycles. The van der Waals surface area contributed by atoms with Crippen LogP contribution >= 0.6 is 0 Å². The van der Waals surface area contributed by atoms with Crippen molar-refractivity contribution < 1.29 is 35.1 Å². The Balaban J connectivity index is 3.84. The van der Waals surface area contributed by atoms with Crippen LogP contribution < -0.4 is 0 Å². The van der Waals surface area contributed by atoms with E-state index in [0.717, 1.165) is 6.92 Å². The molecule has 9 heteroatoms. The zero-order chi connectivity index (χ0) is 10.7. The largest absolute Gasteiger partial charge is 0.411 e. The standard InChI is InChI=1S/C4H7F3O5S/c1-3(12-13(8,9)10)11-2-4(5,6)7/h3H,2H2,1H3,(H,8,9,10). The van der Waals surface area contributed by atoms with E-state index in [9.17, 15) is 21.6 Å². The highest BCUT2D eigenvalue weighted by Crippen LogP contribution is 2.15. The summed E-state index contributed by atoms with van der Waals surface area (Å²) < 4.78 is 69.8. The summed E-state index contributed by atoms with van der Waals surface area (Å²) in [6.45, 7) is -0.747. The summed E-state index contributed by atoms with van der Waals surface area (Å²) in [5.41, 5.74) is 0. The van der Waals surface area contributed by atoms with Gasteiger partial charge in [-0.3, -0.25) is 4.55 Å². The minimum Gasteiger partial charge on any atom is -0.342 e. The van der Waals surface area contributed by atoms with E-state index in [1.165, 1.54) is 0 Å². The molecule has 0 fully saturated rings. The number of hydrogen-bond acceptors (Lipinski definition) is 4. The lowest BCUT2D eigenvalue weighted by molar-refractivity contribution is -0.206. The van der Waals surface area contributed by atoms with Crippen molar-refractivity contribution >= 4 is 10.4 Å². The van der Waals surface area contributed by atoms with Crippen molar-refractivity contribution in [2.24, 2.45) is 0 Å². The summed E-state index contributed by atoms with van der Waals surface area (Å²) in [7, 11) is -4.78. The lowest BCUT2D eigenvalue weighted by Crippen LogP contribution is -2.25. The van der Waals surface area contributed by atoms with Gasteiger partial charge < -0.3 is 4.74 Å². The highest BCUT2D eigenvalue weighted by molar-refractivity contribution is 7.80. The van der Waals surface area contributed by atoms with Crippen LogP contribution in [0.1, 0.15) is 6.92 Å². The maximum absolute atomic E-state index is 11.5. The van der Waals surface area contributed by atoms with E-state index in [4.69, 9.17) is 4.55 Å². The Hall–Kier alpha value is -0.380. The minimum absolute atomic E-state index is 0.902. The Morgan fingerprint density at radius 3 is 2.23 bits per heavy atom. The molecule has 0 aromatic heterocycles. The van der Waals surface area contributed by atoms with Gasteiger partial charge in [-0.05, 0) is 6.92 Å². The summed E-state index contributed by atoms with van der Waals surface area (Å²) in [5.74, 6) is 0. The van der Waals surface area contributed by atoms with Gasteiger partial charge in [-0.1, -0.05) is 0 Å². The third kappa shape index (κ3) is 9.53. The molecular weight excluding hydrogens is 217 g/mol. The molecule has 0 aromatic carbocycles. The molecule has 1 N–H and O–H groups in total. The molecule has 0 amide bonds. The van der Waals surface area contributed by atoms with Gasteiger partial charge in [-0.25, -0.2) is 4.18 Å². The Morgan fingerprint density at radius 2 is 1.92 bits per heavy atom. The van der Waals surface area contributed by atoms with E-state index in [2.05, 4.69) is 8.92 Å². The number of rotatable bonds is 4. The molecule has 80 valence electrons. The molecule has 0 rings (SSSR count). The molecule has 0 aliphatic heterocycles. The van der Waals surface area contributed by atoms with Gasteiger partial charge >= 0.3 is 16.6 Å². The Bertz CT molecular complexity index is 245. The lowest BCUT2D eigenvalue weighted by atomic mass is 10.7. The second-order valence-electron chi connectivity index (χ2n) is 2.02. The van der Waals surface area contributed by atoms with Crippen molar-refractivity contribution in [3.8, 4) is 0 Å². The third-order valence-corrected chi connectivity index (χ3v) is 1.25. The first-order valence-electron chi connectivity index (χ1n) is 2.94. The predicted octanol–water partition coefficient (Wildman–Crippen LogP) is 0.731. The second kappa shape index (κ2) is 4.22. The van der Waals surface area contributed by atoms with Crippen LogP contribution in [0.15, 0.2) is 0 Å². The molecule has 0 radical (unpaired) electrons. The highest BCUT2D eigenvalue weighted by atomic mass is 32.3. The molecule has 0 aliphatic rings. The van der Waals surface area contributed by atoms with Gasteiger partial charge in [0.15, 0.2) is 6.29 Å². The molecule has 0 bridgehead atoms. The monoisotopic (exact) mass is 224 g/mol. The van der Waals surface area contributed by atoms with Gasteiger partial charge in [0.25, 0.3) is 0 Å². The smallest absolute Gasteiger partial charge is 0.342 e. The van der Waals surface area contributed by atoms with Crippen LogP contribution in [0.25, 0.3) is 0 Å². The van der Waals surface area contributed by atoms with Gasteiger partial charge in [0.05, 0.1) is 0 Å². The lowest BCUT2D eigenvalue weighted by Gasteiger charge is -2.12. The van der Waals surface area contributed by atoms with Crippen molar-refractivity contribution in [1.82, 2.24) is 0 Å². The van der Waals surface area contributed by atoms with Gasteiger partial charge in [-0.2, -0.15) is 21.6 Å². The summed E-state index contributed by atoms with van der Waals surface area (Å²) in [6, 6.07) is 0. The maximum Gasteiger partial charge on any atom is 0.411 e. The topological polar surface area (TPSA) is 72.8 Å². The SMILES string of the molecule is CC(OCC(F)(F)F)OS(=O)(=O)O. The summed E-state index contributed by atoms with van der Waals surface area (Å²) in [5, 5.41) is 0. The molecule has 13 heavy (non-hydrogen) atoms. The average Bonchev–Trinajstić information content (AvgIpc) is 1.78. The minimum atomic E-state index is -4.78. The van der Waals surface area contributed by atoms with Crippen molar-refractivity contribution in [3.05, 3.63) is 0 Å². The van der Waals surface area contributed by atoms with Crippen LogP contribution in [0.3, 0.4) is 0 Å². The molecule has 0 heterocycles. The van der Waals surface area contributed by atoms with E-state index in [0.29, 0.717) is 0 Å². The van der Waals surface area contributed by atoms with E-state index in [1.54, 1.807) is 0 Å². The maximum atomic E-state index is 11.5. The summed E-state index contributed by atoms with van der Waals surface area (Å²) >= 11 is 0. The first-order chi connectivity index (χ1) is 5.60. The van der Waals surface area contributed by atoms with E-state index in [-0.39, 0.29) is 0 Å². The van der Waals surface area contributed by atoms with Crippen LogP contribution in [0.4, 0.5) is 13.2 Å². The van der Waals surface area contributed by atoms with E-state index in [1.807, 2.05) is 0 Å². The van der Waals surface area contributed by atoms with Gasteiger partial charge in [0, 0.05) is 0 Å². The fourth-order valence-electron chi connectivity index (χ4n) is 0.411. The van der Waals surface area contributed by atoms with E-state index < -0.39 is 29.5 Å². The molecule has 0 aromatic rings. The van der Waals surface area contributed by atoms with Crippen LogP contribution in [0.2, 0.25) is 0 Å². The third-order valence-electron chi connectivity index (χ3n) is 0.739. The zero-order valence-electron chi connectivity index (χ0n) is 6.41. The Kier molecular flexibility index (Phi) is 4.10. The van der Waals surface area contributed by atoms with Crippen molar-refractivity contribution in [2.45, 2.75) is 19.4 Å². The quantitative estimate of drug-likeness (QED) is 0.563. The molecular formula is C4H7F3O5S. The Labute approximate surface area is 72.4 Å². The molecule has 1 unspecified atom stereocenters. The zero-order valence-corrected chi connectivity index (χ0v) is 7.22. The van der Waals surface area contributed by atoms with Crippen LogP contribution in [-0.2, 0) is 19.3 Å². The summed E-state index contributed by atoms with van der Waals surface area (Å²) in [6.07, 6.45) is -6.26.